The number of fused-ring (bicyclic) bond motifs is 1. The lowest BCUT2D eigenvalue weighted by Crippen LogP contribution is -2.15. The first kappa shape index (κ1) is 20.8. The third-order valence-electron chi connectivity index (χ3n) is 4.92. The summed E-state index contributed by atoms with van der Waals surface area (Å²) in [5.41, 5.74) is 1.80. The van der Waals surface area contributed by atoms with Crippen LogP contribution in [-0.4, -0.2) is 33.7 Å². The molecule has 1 aliphatic rings. The number of ether oxygens (including phenoxy) is 1. The van der Waals surface area contributed by atoms with E-state index in [0.29, 0.717) is 28.3 Å². The van der Waals surface area contributed by atoms with Gasteiger partial charge in [0.1, 0.15) is 6.54 Å². The molecule has 7 nitrogen and oxygen atoms in total. The van der Waals surface area contributed by atoms with Gasteiger partial charge in [-0.1, -0.05) is 5.16 Å². The van der Waals surface area contributed by atoms with Crippen molar-refractivity contribution in [1.82, 2.24) is 14.9 Å². The fraction of sp³-hybridized carbons (Fsp3) is 0.333. The number of carbonyl (C=O) groups is 1. The number of hydrogen-bond donors (Lipinski definition) is 0. The number of aliphatic imine (C=N–C) groups is 1. The molecule has 0 radical (unpaired) electrons. The normalized spacial score (nSPS) is 13.0. The summed E-state index contributed by atoms with van der Waals surface area (Å²) in [6.45, 7) is 5.37. The van der Waals surface area contributed by atoms with E-state index in [1.54, 1.807) is 26.8 Å². The highest BCUT2D eigenvalue weighted by Crippen LogP contribution is 2.39. The number of carbonyl (C=O) groups excluding carboxylic acids is 1. The van der Waals surface area contributed by atoms with Gasteiger partial charge in [0, 0.05) is 23.4 Å². The summed E-state index contributed by atoms with van der Waals surface area (Å²) in [5.74, 6) is -0.233. The standard InChI is InChI=1S/C21H19F3N4O3/c1-4-30-20(29)19-18(12(3)26-28(19)10-15-5-11(2)27-31-15)16-7-14(21(22,23)24)6-13-8-25-9-17(13)16/h5-7,9H,4,8,10H2,1-3H3. The Morgan fingerprint density at radius 2 is 2.03 bits per heavy atom. The van der Waals surface area contributed by atoms with Gasteiger partial charge in [0.25, 0.3) is 0 Å². The van der Waals surface area contributed by atoms with Crippen LogP contribution in [0.2, 0.25) is 0 Å². The van der Waals surface area contributed by atoms with E-state index in [1.165, 1.54) is 10.9 Å². The van der Waals surface area contributed by atoms with Crippen molar-refractivity contribution >= 4 is 12.2 Å². The van der Waals surface area contributed by atoms with Crippen LogP contribution in [0.3, 0.4) is 0 Å². The Morgan fingerprint density at radius 3 is 2.68 bits per heavy atom. The van der Waals surface area contributed by atoms with Crippen molar-refractivity contribution < 1.29 is 27.2 Å². The molecule has 0 unspecified atom stereocenters. The average molecular weight is 432 g/mol. The molecular weight excluding hydrogens is 413 g/mol. The van der Waals surface area contributed by atoms with E-state index < -0.39 is 17.7 Å². The quantitative estimate of drug-likeness (QED) is 0.561. The van der Waals surface area contributed by atoms with E-state index in [0.717, 1.165) is 12.1 Å². The van der Waals surface area contributed by atoms with Crippen LogP contribution in [0.4, 0.5) is 13.2 Å². The van der Waals surface area contributed by atoms with Crippen LogP contribution in [-0.2, 0) is 24.0 Å². The molecule has 2 aromatic heterocycles. The van der Waals surface area contributed by atoms with E-state index in [-0.39, 0.29) is 36.5 Å². The largest absolute Gasteiger partial charge is 0.461 e. The van der Waals surface area contributed by atoms with E-state index in [2.05, 4.69) is 15.2 Å². The number of alkyl halides is 3. The van der Waals surface area contributed by atoms with Gasteiger partial charge in [-0.05, 0) is 44.0 Å². The number of aromatic nitrogens is 3. The number of aryl methyl sites for hydroxylation is 2. The second kappa shape index (κ2) is 7.68. The Morgan fingerprint density at radius 1 is 1.26 bits per heavy atom. The van der Waals surface area contributed by atoms with Crippen molar-refractivity contribution in [3.8, 4) is 11.1 Å². The average Bonchev–Trinajstić information content (AvgIpc) is 3.39. The molecule has 0 saturated carbocycles. The molecule has 0 saturated heterocycles. The minimum Gasteiger partial charge on any atom is -0.461 e. The Bertz CT molecular complexity index is 1190. The summed E-state index contributed by atoms with van der Waals surface area (Å²) >= 11 is 0. The van der Waals surface area contributed by atoms with Gasteiger partial charge in [-0.25, -0.2) is 9.48 Å². The first-order chi connectivity index (χ1) is 14.7. The van der Waals surface area contributed by atoms with Crippen LogP contribution in [0.5, 0.6) is 0 Å². The first-order valence-electron chi connectivity index (χ1n) is 9.60. The Balaban J connectivity index is 1.94. The molecule has 1 aromatic carbocycles. The number of hydrogen-bond acceptors (Lipinski definition) is 6. The highest BCUT2D eigenvalue weighted by atomic mass is 19.4. The minimum absolute atomic E-state index is 0.0511. The van der Waals surface area contributed by atoms with E-state index in [4.69, 9.17) is 9.26 Å². The smallest absolute Gasteiger partial charge is 0.416 e. The van der Waals surface area contributed by atoms with Crippen LogP contribution in [0.1, 0.15) is 51.3 Å². The second-order valence-corrected chi connectivity index (χ2v) is 7.19. The molecule has 31 heavy (non-hydrogen) atoms. The summed E-state index contributed by atoms with van der Waals surface area (Å²) < 4.78 is 52.5. The topological polar surface area (TPSA) is 82.5 Å². The van der Waals surface area contributed by atoms with Crippen LogP contribution < -0.4 is 0 Å². The van der Waals surface area contributed by atoms with Crippen LogP contribution in [0.25, 0.3) is 11.1 Å². The summed E-state index contributed by atoms with van der Waals surface area (Å²) in [6, 6.07) is 3.82. The predicted octanol–water partition coefficient (Wildman–Crippen LogP) is 4.33. The van der Waals surface area contributed by atoms with Crippen molar-refractivity contribution in [2.45, 2.75) is 40.0 Å². The maximum absolute atomic E-state index is 13.6. The second-order valence-electron chi connectivity index (χ2n) is 7.19. The fourth-order valence-corrected chi connectivity index (χ4v) is 3.67. The molecule has 162 valence electrons. The van der Waals surface area contributed by atoms with Crippen LogP contribution in [0.15, 0.2) is 27.7 Å². The van der Waals surface area contributed by atoms with Gasteiger partial charge in [0.15, 0.2) is 11.5 Å². The van der Waals surface area contributed by atoms with Gasteiger partial charge < -0.3 is 9.26 Å². The summed E-state index contributed by atoms with van der Waals surface area (Å²) in [4.78, 5) is 17.0. The lowest BCUT2D eigenvalue weighted by molar-refractivity contribution is -0.137. The molecule has 0 bridgehead atoms. The SMILES string of the molecule is CCOC(=O)c1c(-c2cc(C(F)(F)F)cc3c2C=NC3)c(C)nn1Cc1cc(C)no1. The Hall–Kier alpha value is -3.43. The number of rotatable bonds is 5. The third-order valence-corrected chi connectivity index (χ3v) is 4.92. The highest BCUT2D eigenvalue weighted by Gasteiger charge is 2.34. The summed E-state index contributed by atoms with van der Waals surface area (Å²) in [6.07, 6.45) is -3.02. The summed E-state index contributed by atoms with van der Waals surface area (Å²) in [7, 11) is 0. The first-order valence-corrected chi connectivity index (χ1v) is 9.60. The molecule has 0 atom stereocenters. The van der Waals surface area contributed by atoms with E-state index in [1.807, 2.05) is 0 Å². The van der Waals surface area contributed by atoms with E-state index in [9.17, 15) is 18.0 Å². The molecule has 1 aliphatic heterocycles. The van der Waals surface area contributed by atoms with Crippen LogP contribution >= 0.6 is 0 Å². The summed E-state index contributed by atoms with van der Waals surface area (Å²) in [5, 5.41) is 8.24. The van der Waals surface area contributed by atoms with Crippen molar-refractivity contribution in [2.75, 3.05) is 6.61 Å². The molecule has 4 rings (SSSR count). The molecular formula is C21H19F3N4O3. The highest BCUT2D eigenvalue weighted by molar-refractivity contribution is 6.02. The number of nitrogens with zero attached hydrogens (tertiary/aromatic N) is 4. The Kier molecular flexibility index (Phi) is 5.16. The fourth-order valence-electron chi connectivity index (χ4n) is 3.67. The molecule has 0 aliphatic carbocycles. The zero-order valence-corrected chi connectivity index (χ0v) is 17.1. The van der Waals surface area contributed by atoms with Crippen molar-refractivity contribution in [1.29, 1.82) is 0 Å². The van der Waals surface area contributed by atoms with Crippen molar-refractivity contribution in [3.63, 3.8) is 0 Å². The molecule has 0 fully saturated rings. The molecule has 0 spiro atoms. The lowest BCUT2D eigenvalue weighted by Gasteiger charge is -2.14. The van der Waals surface area contributed by atoms with Gasteiger partial charge in [-0.15, -0.1) is 0 Å². The number of benzene rings is 1. The maximum atomic E-state index is 13.6. The van der Waals surface area contributed by atoms with Gasteiger partial charge in [0.05, 0.1) is 30.1 Å². The molecule has 10 heteroatoms. The van der Waals surface area contributed by atoms with Gasteiger partial charge in [0.2, 0.25) is 0 Å². The number of halogens is 3. The van der Waals surface area contributed by atoms with Gasteiger partial charge in [-0.3, -0.25) is 4.99 Å². The third kappa shape index (κ3) is 3.85. The van der Waals surface area contributed by atoms with Crippen molar-refractivity contribution in [2.24, 2.45) is 4.99 Å². The van der Waals surface area contributed by atoms with Gasteiger partial charge in [-0.2, -0.15) is 18.3 Å². The molecule has 0 N–H and O–H groups in total. The zero-order valence-electron chi connectivity index (χ0n) is 17.1. The molecule has 0 amide bonds. The van der Waals surface area contributed by atoms with Crippen molar-refractivity contribution in [3.05, 3.63) is 57.7 Å². The maximum Gasteiger partial charge on any atom is 0.416 e. The lowest BCUT2D eigenvalue weighted by atomic mass is 9.92. The number of esters is 1. The van der Waals surface area contributed by atoms with E-state index >= 15 is 0 Å². The predicted molar refractivity (Wildman–Crippen MR) is 105 cm³/mol. The molecule has 3 aromatic rings. The molecule has 3 heterocycles. The minimum atomic E-state index is -4.54. The van der Waals surface area contributed by atoms with Gasteiger partial charge >= 0.3 is 12.1 Å². The van der Waals surface area contributed by atoms with Crippen LogP contribution in [0, 0.1) is 13.8 Å². The Labute approximate surface area is 175 Å². The monoisotopic (exact) mass is 432 g/mol. The zero-order chi connectivity index (χ0) is 22.3.